The topological polar surface area (TPSA) is 21.7 Å². The summed E-state index contributed by atoms with van der Waals surface area (Å²) >= 11 is 0. The molecular formula is C13H24BNO2. The Morgan fingerprint density at radius 1 is 1.12 bits per heavy atom. The van der Waals surface area contributed by atoms with Gasteiger partial charge in [-0.25, -0.2) is 0 Å². The Kier molecular flexibility index (Phi) is 3.79. The van der Waals surface area contributed by atoms with E-state index in [2.05, 4.69) is 6.58 Å². The van der Waals surface area contributed by atoms with E-state index in [0.29, 0.717) is 0 Å². The van der Waals surface area contributed by atoms with Crippen molar-refractivity contribution < 1.29 is 9.31 Å². The second-order valence-electron chi connectivity index (χ2n) is 5.84. The first-order chi connectivity index (χ1) is 7.57. The van der Waals surface area contributed by atoms with Crippen LogP contribution >= 0.6 is 0 Å². The molecule has 1 aliphatic heterocycles. The second kappa shape index (κ2) is 4.50. The number of hydrogen-bond acceptors (Lipinski definition) is 3. The molecule has 0 N–H and O–H groups in total. The molecule has 0 aromatic heterocycles. The molecule has 0 unspecified atom stereocenters. The van der Waals surface area contributed by atoms with Crippen LogP contribution in [0.3, 0.4) is 0 Å². The van der Waals surface area contributed by atoms with E-state index in [-0.39, 0.29) is 18.3 Å². The molecule has 4 heteroatoms. The molecule has 1 saturated heterocycles. The third-order valence-corrected chi connectivity index (χ3v) is 3.66. The summed E-state index contributed by atoms with van der Waals surface area (Å²) in [6, 6.07) is 0. The fourth-order valence-electron chi connectivity index (χ4n) is 1.46. The van der Waals surface area contributed by atoms with Gasteiger partial charge < -0.3 is 14.2 Å². The highest BCUT2D eigenvalue weighted by atomic mass is 16.7. The van der Waals surface area contributed by atoms with Gasteiger partial charge in [-0.05, 0) is 46.2 Å². The van der Waals surface area contributed by atoms with Crippen molar-refractivity contribution >= 4 is 7.12 Å². The fraction of sp³-hybridized carbons (Fsp3) is 0.692. The lowest BCUT2D eigenvalue weighted by Gasteiger charge is -2.32. The van der Waals surface area contributed by atoms with Crippen molar-refractivity contribution in [3.05, 3.63) is 23.8 Å². The molecule has 1 heterocycles. The average Bonchev–Trinajstić information content (AvgIpc) is 2.35. The van der Waals surface area contributed by atoms with Crippen LogP contribution < -0.4 is 0 Å². The number of rotatable bonds is 3. The van der Waals surface area contributed by atoms with Crippen LogP contribution in [0, 0.1) is 0 Å². The van der Waals surface area contributed by atoms with E-state index >= 15 is 0 Å². The van der Waals surface area contributed by atoms with Crippen molar-refractivity contribution in [2.75, 3.05) is 14.1 Å². The summed E-state index contributed by atoms with van der Waals surface area (Å²) in [5, 5.41) is 0. The minimum Gasteiger partial charge on any atom is -0.399 e. The van der Waals surface area contributed by atoms with E-state index in [9.17, 15) is 0 Å². The Balaban J connectivity index is 2.79. The lowest BCUT2D eigenvalue weighted by molar-refractivity contribution is 0.00578. The summed E-state index contributed by atoms with van der Waals surface area (Å²) < 4.78 is 11.8. The second-order valence-corrected chi connectivity index (χ2v) is 5.84. The van der Waals surface area contributed by atoms with Crippen LogP contribution in [0.4, 0.5) is 0 Å². The van der Waals surface area contributed by atoms with E-state index in [4.69, 9.17) is 9.31 Å². The SMILES string of the molecule is C=C(/C=C(\C)N(C)C)B1OC(C)(C)C(C)(C)O1. The predicted octanol–water partition coefficient (Wildman–Crippen LogP) is 2.64. The predicted molar refractivity (Wildman–Crippen MR) is 72.7 cm³/mol. The van der Waals surface area contributed by atoms with Crippen LogP contribution in [-0.4, -0.2) is 37.3 Å². The minimum atomic E-state index is -0.352. The van der Waals surface area contributed by atoms with Gasteiger partial charge in [0.15, 0.2) is 0 Å². The van der Waals surface area contributed by atoms with E-state index in [0.717, 1.165) is 11.2 Å². The molecule has 0 amide bonds. The molecule has 3 nitrogen and oxygen atoms in total. The maximum atomic E-state index is 5.92. The van der Waals surface area contributed by atoms with E-state index < -0.39 is 0 Å². The first-order valence-corrected chi connectivity index (χ1v) is 5.97. The molecule has 0 atom stereocenters. The lowest BCUT2D eigenvalue weighted by Crippen LogP contribution is -2.41. The lowest BCUT2D eigenvalue weighted by atomic mass is 9.79. The van der Waals surface area contributed by atoms with Crippen LogP contribution in [0.25, 0.3) is 0 Å². The van der Waals surface area contributed by atoms with Gasteiger partial charge in [0.25, 0.3) is 0 Å². The fourth-order valence-corrected chi connectivity index (χ4v) is 1.46. The third-order valence-electron chi connectivity index (χ3n) is 3.66. The molecule has 0 aromatic carbocycles. The Morgan fingerprint density at radius 3 is 1.88 bits per heavy atom. The van der Waals surface area contributed by atoms with Crippen LogP contribution in [0.5, 0.6) is 0 Å². The molecule has 96 valence electrons. The number of allylic oxidation sites excluding steroid dienone is 3. The summed E-state index contributed by atoms with van der Waals surface area (Å²) in [4.78, 5) is 2.04. The van der Waals surface area contributed by atoms with Crippen molar-refractivity contribution in [3.8, 4) is 0 Å². The molecule has 0 spiro atoms. The van der Waals surface area contributed by atoms with Gasteiger partial charge in [-0.2, -0.15) is 0 Å². The highest BCUT2D eigenvalue weighted by Crippen LogP contribution is 2.38. The molecular weight excluding hydrogens is 213 g/mol. The normalized spacial score (nSPS) is 22.8. The zero-order valence-electron chi connectivity index (χ0n) is 12.1. The van der Waals surface area contributed by atoms with Gasteiger partial charge in [0.2, 0.25) is 0 Å². The maximum absolute atomic E-state index is 5.92. The van der Waals surface area contributed by atoms with Gasteiger partial charge in [0.05, 0.1) is 11.2 Å². The van der Waals surface area contributed by atoms with Crippen LogP contribution in [0.1, 0.15) is 34.6 Å². The summed E-state index contributed by atoms with van der Waals surface area (Å²) in [5.41, 5.74) is 1.38. The summed E-state index contributed by atoms with van der Waals surface area (Å²) in [7, 11) is 3.65. The zero-order chi connectivity index (χ0) is 13.4. The molecule has 0 aliphatic carbocycles. The quantitative estimate of drug-likeness (QED) is 0.556. The van der Waals surface area contributed by atoms with E-state index in [1.807, 2.05) is 59.7 Å². The Morgan fingerprint density at radius 2 is 1.53 bits per heavy atom. The van der Waals surface area contributed by atoms with Gasteiger partial charge in [-0.1, -0.05) is 6.58 Å². The first kappa shape index (κ1) is 14.3. The van der Waals surface area contributed by atoms with Crippen LogP contribution in [0.15, 0.2) is 23.8 Å². The van der Waals surface area contributed by atoms with Crippen molar-refractivity contribution in [1.82, 2.24) is 4.90 Å². The van der Waals surface area contributed by atoms with Gasteiger partial charge >= 0.3 is 7.12 Å². The first-order valence-electron chi connectivity index (χ1n) is 5.97. The Bertz CT molecular complexity index is 329. The van der Waals surface area contributed by atoms with Crippen molar-refractivity contribution in [1.29, 1.82) is 0 Å². The smallest absolute Gasteiger partial charge is 0.399 e. The largest absolute Gasteiger partial charge is 0.494 e. The summed E-state index contributed by atoms with van der Waals surface area (Å²) in [5.74, 6) is 0. The molecule has 17 heavy (non-hydrogen) atoms. The van der Waals surface area contributed by atoms with E-state index in [1.54, 1.807) is 0 Å². The van der Waals surface area contributed by atoms with Crippen LogP contribution in [0.2, 0.25) is 0 Å². The van der Waals surface area contributed by atoms with Crippen molar-refractivity contribution in [3.63, 3.8) is 0 Å². The Hall–Kier alpha value is -0.735. The molecule has 1 fully saturated rings. The zero-order valence-corrected chi connectivity index (χ0v) is 12.1. The van der Waals surface area contributed by atoms with Gasteiger partial charge in [-0.3, -0.25) is 0 Å². The standard InChI is InChI=1S/C13H24BNO2/c1-10(9-11(2)15(7)8)14-16-12(3,4)13(5,6)17-14/h9H,1H2,2-8H3/b11-9+. The average molecular weight is 237 g/mol. The number of nitrogens with zero attached hydrogens (tertiary/aromatic N) is 1. The summed E-state index contributed by atoms with van der Waals surface area (Å²) in [6.07, 6.45) is 2.00. The highest BCUT2D eigenvalue weighted by Gasteiger charge is 2.51. The molecule has 0 aromatic rings. The highest BCUT2D eigenvalue weighted by molar-refractivity contribution is 6.55. The summed E-state index contributed by atoms with van der Waals surface area (Å²) in [6.45, 7) is 14.3. The van der Waals surface area contributed by atoms with Gasteiger partial charge in [-0.15, -0.1) is 0 Å². The molecule has 0 radical (unpaired) electrons. The molecule has 0 saturated carbocycles. The van der Waals surface area contributed by atoms with Crippen molar-refractivity contribution in [2.24, 2.45) is 0 Å². The molecule has 0 bridgehead atoms. The monoisotopic (exact) mass is 237 g/mol. The number of hydrogen-bond donors (Lipinski definition) is 0. The third kappa shape index (κ3) is 2.93. The molecule has 1 aliphatic rings. The van der Waals surface area contributed by atoms with Crippen LogP contribution in [-0.2, 0) is 9.31 Å². The molecule has 1 rings (SSSR count). The van der Waals surface area contributed by atoms with Gasteiger partial charge in [0, 0.05) is 19.8 Å². The van der Waals surface area contributed by atoms with Gasteiger partial charge in [0.1, 0.15) is 0 Å². The maximum Gasteiger partial charge on any atom is 0.494 e. The van der Waals surface area contributed by atoms with E-state index in [1.165, 1.54) is 0 Å². The minimum absolute atomic E-state index is 0.305. The Labute approximate surface area is 106 Å². The van der Waals surface area contributed by atoms with Crippen molar-refractivity contribution in [2.45, 2.75) is 45.8 Å².